The summed E-state index contributed by atoms with van der Waals surface area (Å²) >= 11 is 0. The van der Waals surface area contributed by atoms with Gasteiger partial charge >= 0.3 is 0 Å². The number of hydrogen-bond acceptors (Lipinski definition) is 5. The highest BCUT2D eigenvalue weighted by atomic mass is 32.2. The average Bonchev–Trinajstić information content (AvgIpc) is 2.64. The molecular formula is C21H28N2O5S. The van der Waals surface area contributed by atoms with E-state index in [0.29, 0.717) is 38.3 Å². The zero-order valence-electron chi connectivity index (χ0n) is 16.8. The van der Waals surface area contributed by atoms with Crippen LogP contribution in [-0.2, 0) is 19.6 Å². The van der Waals surface area contributed by atoms with E-state index >= 15 is 0 Å². The molecule has 2 heterocycles. The molecule has 4 rings (SSSR count). The van der Waals surface area contributed by atoms with E-state index in [-0.39, 0.29) is 35.6 Å². The molecule has 0 bridgehead atoms. The van der Waals surface area contributed by atoms with Crippen LogP contribution in [0.15, 0.2) is 29.2 Å². The number of benzene rings is 1. The maximum absolute atomic E-state index is 13.3. The highest BCUT2D eigenvalue weighted by molar-refractivity contribution is 7.89. The molecule has 1 aromatic carbocycles. The molecule has 0 aromatic heterocycles. The van der Waals surface area contributed by atoms with Crippen molar-refractivity contribution in [2.75, 3.05) is 32.8 Å². The zero-order valence-corrected chi connectivity index (χ0v) is 17.6. The number of sulfonamides is 1. The number of para-hydroxylation sites is 1. The summed E-state index contributed by atoms with van der Waals surface area (Å²) in [5, 5.41) is 0. The quantitative estimate of drug-likeness (QED) is 0.747. The van der Waals surface area contributed by atoms with Crippen molar-refractivity contribution >= 4 is 21.7 Å². The van der Waals surface area contributed by atoms with Crippen molar-refractivity contribution in [1.82, 2.24) is 9.21 Å². The molecule has 1 saturated carbocycles. The third-order valence-corrected chi connectivity index (χ3v) is 8.33. The van der Waals surface area contributed by atoms with Crippen molar-refractivity contribution in [2.45, 2.75) is 43.9 Å². The zero-order chi connectivity index (χ0) is 20.6. The summed E-state index contributed by atoms with van der Waals surface area (Å²) in [6.45, 7) is 3.07. The first kappa shape index (κ1) is 20.3. The van der Waals surface area contributed by atoms with Gasteiger partial charge in [0.25, 0.3) is 0 Å². The first-order chi connectivity index (χ1) is 13.8. The van der Waals surface area contributed by atoms with Crippen molar-refractivity contribution in [1.29, 1.82) is 0 Å². The van der Waals surface area contributed by atoms with Gasteiger partial charge in [0.15, 0.2) is 0 Å². The van der Waals surface area contributed by atoms with Crippen molar-refractivity contribution in [3.05, 3.63) is 24.3 Å². The highest BCUT2D eigenvalue weighted by Crippen LogP contribution is 2.40. The molecule has 1 spiro atoms. The summed E-state index contributed by atoms with van der Waals surface area (Å²) in [6.07, 6.45) is 4.41. The predicted molar refractivity (Wildman–Crippen MR) is 107 cm³/mol. The fourth-order valence-electron chi connectivity index (χ4n) is 4.46. The number of ketones is 1. The molecule has 29 heavy (non-hydrogen) atoms. The smallest absolute Gasteiger partial charge is 0.247 e. The molecule has 1 saturated heterocycles. The van der Waals surface area contributed by atoms with Crippen LogP contribution in [0.4, 0.5) is 0 Å². The van der Waals surface area contributed by atoms with Gasteiger partial charge in [-0.25, -0.2) is 8.42 Å². The minimum absolute atomic E-state index is 0.105. The standard InChI is InChI=1S/C21H28N2O5S/c1-16(24)13-23-14-21(9-11-22(12-10-21)20(25)17-5-4-6-17)15-28-18-7-2-3-8-19(18)29(23,26)27/h2-3,7-8,17H,4-6,9-15H2,1H3. The van der Waals surface area contributed by atoms with Gasteiger partial charge in [0.05, 0.1) is 13.2 Å². The maximum Gasteiger partial charge on any atom is 0.247 e. The Morgan fingerprint density at radius 3 is 2.48 bits per heavy atom. The third-order valence-electron chi connectivity index (χ3n) is 6.50. The van der Waals surface area contributed by atoms with Crippen molar-refractivity contribution < 1.29 is 22.7 Å². The third kappa shape index (κ3) is 3.92. The lowest BCUT2D eigenvalue weighted by Crippen LogP contribution is -2.54. The number of piperidine rings is 1. The molecule has 2 fully saturated rings. The second kappa shape index (κ2) is 7.72. The predicted octanol–water partition coefficient (Wildman–Crippen LogP) is 2.07. The van der Waals surface area contributed by atoms with E-state index < -0.39 is 15.4 Å². The minimum Gasteiger partial charge on any atom is -0.492 e. The molecule has 2 aliphatic heterocycles. The number of carbonyl (C=O) groups is 2. The largest absolute Gasteiger partial charge is 0.492 e. The topological polar surface area (TPSA) is 84.0 Å². The first-order valence-electron chi connectivity index (χ1n) is 10.3. The molecule has 1 amide bonds. The van der Waals surface area contributed by atoms with Gasteiger partial charge in [0, 0.05) is 31.0 Å². The summed E-state index contributed by atoms with van der Waals surface area (Å²) < 4.78 is 33.8. The molecular weight excluding hydrogens is 392 g/mol. The van der Waals surface area contributed by atoms with Crippen LogP contribution in [0.5, 0.6) is 5.75 Å². The van der Waals surface area contributed by atoms with Crippen LogP contribution in [0.3, 0.4) is 0 Å². The van der Waals surface area contributed by atoms with Crippen LogP contribution in [-0.4, -0.2) is 62.1 Å². The number of Topliss-reactive ketones (excluding diaryl/α,β-unsaturated/α-hetero) is 1. The number of likely N-dealkylation sites (tertiary alicyclic amines) is 1. The van der Waals surface area contributed by atoms with Crippen LogP contribution >= 0.6 is 0 Å². The molecule has 0 atom stereocenters. The van der Waals surface area contributed by atoms with E-state index in [1.54, 1.807) is 18.2 Å². The molecule has 0 radical (unpaired) electrons. The van der Waals surface area contributed by atoms with Gasteiger partial charge < -0.3 is 9.64 Å². The Hall–Kier alpha value is -1.93. The summed E-state index contributed by atoms with van der Waals surface area (Å²) in [4.78, 5) is 26.5. The average molecular weight is 421 g/mol. The molecule has 8 heteroatoms. The number of carbonyl (C=O) groups excluding carboxylic acids is 2. The first-order valence-corrected chi connectivity index (χ1v) is 11.7. The molecule has 3 aliphatic rings. The molecule has 1 aliphatic carbocycles. The van der Waals surface area contributed by atoms with E-state index in [9.17, 15) is 18.0 Å². The van der Waals surface area contributed by atoms with Gasteiger partial charge in [0.2, 0.25) is 15.9 Å². The second-order valence-electron chi connectivity index (χ2n) is 8.66. The molecule has 7 nitrogen and oxygen atoms in total. The van der Waals surface area contributed by atoms with Crippen LogP contribution in [0.25, 0.3) is 0 Å². The SMILES string of the molecule is CC(=O)CN1CC2(CCN(C(=O)C3CCC3)CC2)COc2ccccc2S1(=O)=O. The van der Waals surface area contributed by atoms with E-state index in [1.165, 1.54) is 17.3 Å². The van der Waals surface area contributed by atoms with Crippen LogP contribution < -0.4 is 4.74 Å². The highest BCUT2D eigenvalue weighted by Gasteiger charge is 2.44. The van der Waals surface area contributed by atoms with Gasteiger partial charge in [-0.2, -0.15) is 4.31 Å². The Labute approximate surface area is 172 Å². The van der Waals surface area contributed by atoms with Gasteiger partial charge in [-0.05, 0) is 44.7 Å². The summed E-state index contributed by atoms with van der Waals surface area (Å²) in [5.74, 6) is 0.531. The Bertz CT molecular complexity index is 901. The van der Waals surface area contributed by atoms with Gasteiger partial charge in [-0.15, -0.1) is 0 Å². The Balaban J connectivity index is 1.59. The molecule has 1 aromatic rings. The van der Waals surface area contributed by atoms with Crippen molar-refractivity contribution in [2.24, 2.45) is 11.3 Å². The molecule has 0 N–H and O–H groups in total. The summed E-state index contributed by atoms with van der Waals surface area (Å²) in [5.41, 5.74) is -0.410. The molecule has 158 valence electrons. The van der Waals surface area contributed by atoms with Gasteiger partial charge in [0.1, 0.15) is 16.4 Å². The van der Waals surface area contributed by atoms with E-state index in [1.807, 2.05) is 4.90 Å². The van der Waals surface area contributed by atoms with E-state index in [2.05, 4.69) is 0 Å². The number of ether oxygens (including phenoxy) is 1. The lowest BCUT2D eigenvalue weighted by Gasteiger charge is -2.45. The fourth-order valence-corrected chi connectivity index (χ4v) is 6.17. The van der Waals surface area contributed by atoms with Gasteiger partial charge in [-0.3, -0.25) is 9.59 Å². The Kier molecular flexibility index (Phi) is 5.42. The number of fused-ring (bicyclic) bond motifs is 1. The number of nitrogens with zero attached hydrogens (tertiary/aromatic N) is 2. The van der Waals surface area contributed by atoms with Gasteiger partial charge in [-0.1, -0.05) is 18.6 Å². The summed E-state index contributed by atoms with van der Waals surface area (Å²) in [7, 11) is -3.84. The lowest BCUT2D eigenvalue weighted by atomic mass is 9.77. The van der Waals surface area contributed by atoms with Crippen molar-refractivity contribution in [3.8, 4) is 5.75 Å². The number of rotatable bonds is 3. The maximum atomic E-state index is 13.3. The van der Waals surface area contributed by atoms with Crippen LogP contribution in [0.1, 0.15) is 39.0 Å². The Morgan fingerprint density at radius 2 is 1.86 bits per heavy atom. The van der Waals surface area contributed by atoms with E-state index in [0.717, 1.165) is 19.3 Å². The number of hydrogen-bond donors (Lipinski definition) is 0. The van der Waals surface area contributed by atoms with Crippen molar-refractivity contribution in [3.63, 3.8) is 0 Å². The molecule has 0 unspecified atom stereocenters. The fraction of sp³-hybridized carbons (Fsp3) is 0.619. The normalized spacial score (nSPS) is 24.0. The second-order valence-corrected chi connectivity index (χ2v) is 10.6. The van der Waals surface area contributed by atoms with E-state index in [4.69, 9.17) is 4.74 Å². The monoisotopic (exact) mass is 420 g/mol. The Morgan fingerprint density at radius 1 is 1.17 bits per heavy atom. The number of amides is 1. The lowest BCUT2D eigenvalue weighted by molar-refractivity contribution is -0.141. The summed E-state index contributed by atoms with van der Waals surface area (Å²) in [6, 6.07) is 6.59. The van der Waals surface area contributed by atoms with Crippen LogP contribution in [0, 0.1) is 11.3 Å². The van der Waals surface area contributed by atoms with Crippen LogP contribution in [0.2, 0.25) is 0 Å². The minimum atomic E-state index is -3.84.